The zero-order valence-electron chi connectivity index (χ0n) is 6.60. The SMILES string of the molecule is CC(C)[N]([AlH2])C(C)C. The molecule has 0 atom stereocenters. The Labute approximate surface area is 60.7 Å². The Bertz CT molecular complexity index is 53.5. The van der Waals surface area contributed by atoms with E-state index in [1.54, 1.807) is 0 Å². The monoisotopic (exact) mass is 129 g/mol. The van der Waals surface area contributed by atoms with Gasteiger partial charge in [0.05, 0.1) is 0 Å². The van der Waals surface area contributed by atoms with Crippen LogP contribution < -0.4 is 0 Å². The van der Waals surface area contributed by atoms with Crippen LogP contribution in [-0.2, 0) is 0 Å². The van der Waals surface area contributed by atoms with Gasteiger partial charge < -0.3 is 3.88 Å². The van der Waals surface area contributed by atoms with Crippen LogP contribution in [0, 0.1) is 0 Å². The minimum absolute atomic E-state index is 0.738. The van der Waals surface area contributed by atoms with E-state index < -0.39 is 0 Å². The third-order valence-corrected chi connectivity index (χ3v) is 3.69. The molecule has 0 amide bonds. The van der Waals surface area contributed by atoms with Crippen molar-refractivity contribution in [2.75, 3.05) is 0 Å². The molecule has 0 unspecified atom stereocenters. The standard InChI is InChI=1S/C6H14N.Al.2H/c1-5(2)7-6(3)4;;;/h5-6H,1-4H3;;;/q-1;+1;;. The molecule has 0 aromatic carbocycles. The second-order valence-electron chi connectivity index (χ2n) is 2.85. The minimum Gasteiger partial charge on any atom is -0.386 e. The summed E-state index contributed by atoms with van der Waals surface area (Å²) in [6.45, 7) is 8.97. The highest BCUT2D eigenvalue weighted by Crippen LogP contribution is 1.97. The van der Waals surface area contributed by atoms with Crippen molar-refractivity contribution in [2.45, 2.75) is 39.8 Å². The van der Waals surface area contributed by atoms with E-state index in [2.05, 4.69) is 31.6 Å². The van der Waals surface area contributed by atoms with Gasteiger partial charge in [-0.2, -0.15) is 0 Å². The number of nitrogens with zero attached hydrogens (tertiary/aromatic N) is 1. The minimum atomic E-state index is 0.738. The zero-order valence-corrected chi connectivity index (χ0v) is 8.60. The second-order valence-corrected chi connectivity index (χ2v) is 3.89. The molecule has 1 nitrogen and oxygen atoms in total. The maximum atomic E-state index is 2.47. The smallest absolute Gasteiger partial charge is 0.322 e. The van der Waals surface area contributed by atoms with Crippen molar-refractivity contribution in [2.24, 2.45) is 0 Å². The molecule has 0 aromatic heterocycles. The molecule has 48 valence electrons. The molecule has 0 aliphatic heterocycles. The highest BCUT2D eigenvalue weighted by Gasteiger charge is 2.04. The Morgan fingerprint density at radius 3 is 1.25 bits per heavy atom. The zero-order chi connectivity index (χ0) is 6.73. The number of hydrogen-bond acceptors (Lipinski definition) is 1. The average molecular weight is 129 g/mol. The van der Waals surface area contributed by atoms with Gasteiger partial charge in [-0.05, 0) is 12.1 Å². The van der Waals surface area contributed by atoms with Crippen LogP contribution in [0.2, 0.25) is 0 Å². The van der Waals surface area contributed by atoms with E-state index in [-0.39, 0.29) is 0 Å². The molecule has 0 radical (unpaired) electrons. The third-order valence-electron chi connectivity index (χ3n) is 1.63. The fraction of sp³-hybridized carbons (Fsp3) is 1.00. The van der Waals surface area contributed by atoms with Crippen LogP contribution in [-0.4, -0.2) is 32.5 Å². The average Bonchev–Trinajstić information content (AvgIpc) is 1.64. The molecule has 0 saturated heterocycles. The summed E-state index contributed by atoms with van der Waals surface area (Å²) in [5.41, 5.74) is 0. The molecule has 0 aliphatic rings. The summed E-state index contributed by atoms with van der Waals surface area (Å²) in [4.78, 5) is 0. The van der Waals surface area contributed by atoms with Crippen LogP contribution in [0.15, 0.2) is 0 Å². The van der Waals surface area contributed by atoms with Gasteiger partial charge >= 0.3 is 16.5 Å². The first-order valence-electron chi connectivity index (χ1n) is 3.27. The molecule has 0 saturated carbocycles. The fourth-order valence-corrected chi connectivity index (χ4v) is 0.596. The van der Waals surface area contributed by atoms with E-state index in [1.165, 1.54) is 16.5 Å². The van der Waals surface area contributed by atoms with Gasteiger partial charge in [0.25, 0.3) is 0 Å². The molecule has 8 heavy (non-hydrogen) atoms. The van der Waals surface area contributed by atoms with Crippen LogP contribution in [0.5, 0.6) is 0 Å². The summed E-state index contributed by atoms with van der Waals surface area (Å²) in [5.74, 6) is 0. The fourth-order valence-electron chi connectivity index (χ4n) is 0.596. The third kappa shape index (κ3) is 2.72. The maximum absolute atomic E-state index is 2.47. The van der Waals surface area contributed by atoms with Crippen LogP contribution in [0.25, 0.3) is 0 Å². The van der Waals surface area contributed by atoms with Gasteiger partial charge in [-0.1, -0.05) is 27.7 Å². The van der Waals surface area contributed by atoms with Crippen molar-refractivity contribution in [1.29, 1.82) is 0 Å². The lowest BCUT2D eigenvalue weighted by atomic mass is 10.3. The molecule has 0 fully saturated rings. The van der Waals surface area contributed by atoms with Gasteiger partial charge in [0.2, 0.25) is 0 Å². The Balaban J connectivity index is 3.46. The van der Waals surface area contributed by atoms with Gasteiger partial charge in [0.15, 0.2) is 0 Å². The number of rotatable bonds is 2. The maximum Gasteiger partial charge on any atom is 0.322 e. The van der Waals surface area contributed by atoms with Crippen molar-refractivity contribution < 1.29 is 0 Å². The summed E-state index contributed by atoms with van der Waals surface area (Å²) in [6, 6.07) is 1.48. The quantitative estimate of drug-likeness (QED) is 0.495. The Hall–Kier alpha value is 0.492. The summed E-state index contributed by atoms with van der Waals surface area (Å²) < 4.78 is 2.47. The highest BCUT2D eigenvalue weighted by atomic mass is 27.1. The van der Waals surface area contributed by atoms with Crippen LogP contribution >= 0.6 is 0 Å². The summed E-state index contributed by atoms with van der Waals surface area (Å²) in [7, 11) is 0. The largest absolute Gasteiger partial charge is 0.386 e. The van der Waals surface area contributed by atoms with Crippen LogP contribution in [0.1, 0.15) is 27.7 Å². The lowest BCUT2D eigenvalue weighted by Crippen LogP contribution is -2.34. The highest BCUT2D eigenvalue weighted by molar-refractivity contribution is 6.04. The molecule has 0 spiro atoms. The lowest BCUT2D eigenvalue weighted by Gasteiger charge is -2.26. The van der Waals surface area contributed by atoms with Crippen molar-refractivity contribution in [1.82, 2.24) is 3.88 Å². The molecular weight excluding hydrogens is 113 g/mol. The van der Waals surface area contributed by atoms with Gasteiger partial charge in [-0.3, -0.25) is 0 Å². The Morgan fingerprint density at radius 1 is 1.00 bits per heavy atom. The lowest BCUT2D eigenvalue weighted by molar-refractivity contribution is 0.320. The molecule has 2 heteroatoms. The molecule has 0 heterocycles. The molecular formula is C6H16AlN. The van der Waals surface area contributed by atoms with E-state index in [0.717, 1.165) is 12.1 Å². The summed E-state index contributed by atoms with van der Waals surface area (Å²) >= 11 is 1.19. The first kappa shape index (κ1) is 8.49. The normalized spacial score (nSPS) is 11.9. The topological polar surface area (TPSA) is 3.24 Å². The van der Waals surface area contributed by atoms with Gasteiger partial charge in [0, 0.05) is 0 Å². The second kappa shape index (κ2) is 3.50. The predicted molar refractivity (Wildman–Crippen MR) is 40.7 cm³/mol. The van der Waals surface area contributed by atoms with Crippen LogP contribution in [0.3, 0.4) is 0 Å². The molecule has 0 rings (SSSR count). The molecule has 0 bridgehead atoms. The first-order valence-corrected chi connectivity index (χ1v) is 4.17. The van der Waals surface area contributed by atoms with Gasteiger partial charge in [-0.15, -0.1) is 0 Å². The number of hydrogen-bond donors (Lipinski definition) is 0. The van der Waals surface area contributed by atoms with Crippen molar-refractivity contribution in [3.05, 3.63) is 0 Å². The molecule has 0 aromatic rings. The predicted octanol–water partition coefficient (Wildman–Crippen LogP) is 0.653. The Morgan fingerprint density at radius 2 is 1.25 bits per heavy atom. The molecule has 0 aliphatic carbocycles. The summed E-state index contributed by atoms with van der Waals surface area (Å²) in [5, 5.41) is 0. The van der Waals surface area contributed by atoms with E-state index in [4.69, 9.17) is 0 Å². The van der Waals surface area contributed by atoms with E-state index in [9.17, 15) is 0 Å². The van der Waals surface area contributed by atoms with E-state index in [1.807, 2.05) is 0 Å². The Kier molecular flexibility index (Phi) is 3.72. The van der Waals surface area contributed by atoms with Gasteiger partial charge in [-0.25, -0.2) is 0 Å². The van der Waals surface area contributed by atoms with E-state index in [0.29, 0.717) is 0 Å². The van der Waals surface area contributed by atoms with Crippen LogP contribution in [0.4, 0.5) is 0 Å². The van der Waals surface area contributed by atoms with Gasteiger partial charge in [0.1, 0.15) is 0 Å². The first-order chi connectivity index (χ1) is 3.55. The molecule has 0 N–H and O–H groups in total. The van der Waals surface area contributed by atoms with Crippen molar-refractivity contribution >= 4 is 16.5 Å². The van der Waals surface area contributed by atoms with E-state index >= 15 is 0 Å². The van der Waals surface area contributed by atoms with Crippen molar-refractivity contribution in [3.8, 4) is 0 Å². The summed E-state index contributed by atoms with van der Waals surface area (Å²) in [6.07, 6.45) is 0. The van der Waals surface area contributed by atoms with Crippen molar-refractivity contribution in [3.63, 3.8) is 0 Å².